The van der Waals surface area contributed by atoms with E-state index < -0.39 is 10.9 Å². The zero-order chi connectivity index (χ0) is 24.3. The number of aliphatic hydroxyl groups is 1. The number of thioether (sulfide) groups is 1. The fourth-order valence-electron chi connectivity index (χ4n) is 3.78. The van der Waals surface area contributed by atoms with Crippen LogP contribution in [0.25, 0.3) is 0 Å². The minimum atomic E-state index is -1.13. The van der Waals surface area contributed by atoms with Crippen LogP contribution in [0.1, 0.15) is 41.2 Å². The zero-order valence-corrected chi connectivity index (χ0v) is 20.8. The van der Waals surface area contributed by atoms with Crippen LogP contribution in [0.3, 0.4) is 0 Å². The van der Waals surface area contributed by atoms with Crippen LogP contribution >= 0.6 is 24.7 Å². The average Bonchev–Trinajstić information content (AvgIpc) is 3.08. The first kappa shape index (κ1) is 25.3. The molecule has 7 nitrogen and oxygen atoms in total. The van der Waals surface area contributed by atoms with E-state index in [0.29, 0.717) is 30.8 Å². The number of phenols is 1. The first-order valence-electron chi connectivity index (χ1n) is 10.6. The van der Waals surface area contributed by atoms with E-state index in [9.17, 15) is 19.8 Å². The molecule has 33 heavy (non-hydrogen) atoms. The number of hydrogen-bond acceptors (Lipinski definition) is 8. The molecule has 2 amide bonds. The molecule has 2 unspecified atom stereocenters. The van der Waals surface area contributed by atoms with Crippen molar-refractivity contribution in [2.45, 2.75) is 57.8 Å². The highest BCUT2D eigenvalue weighted by Gasteiger charge is 2.31. The molecule has 0 spiro atoms. The van der Waals surface area contributed by atoms with E-state index in [-0.39, 0.29) is 23.5 Å². The van der Waals surface area contributed by atoms with Gasteiger partial charge in [-0.25, -0.2) is 0 Å². The van der Waals surface area contributed by atoms with Gasteiger partial charge in [0, 0.05) is 18.5 Å². The predicted molar refractivity (Wildman–Crippen MR) is 131 cm³/mol. The normalized spacial score (nSPS) is 17.6. The maximum atomic E-state index is 11.7. The van der Waals surface area contributed by atoms with E-state index in [0.717, 1.165) is 39.6 Å². The number of benzene rings is 2. The van der Waals surface area contributed by atoms with Gasteiger partial charge in [-0.05, 0) is 81.3 Å². The minimum Gasteiger partial charge on any atom is -0.507 e. The highest BCUT2D eigenvalue weighted by Crippen LogP contribution is 2.38. The molecular formula is C24H29NO6S2. The summed E-state index contributed by atoms with van der Waals surface area (Å²) in [6.07, 6.45) is 1.27. The Morgan fingerprint density at radius 2 is 1.79 bits per heavy atom. The molecule has 2 atom stereocenters. The van der Waals surface area contributed by atoms with Crippen LogP contribution in [0.5, 0.6) is 17.2 Å². The lowest BCUT2D eigenvalue weighted by Gasteiger charge is -2.25. The molecule has 0 aromatic heterocycles. The number of rotatable bonds is 9. The summed E-state index contributed by atoms with van der Waals surface area (Å²) < 4.78 is 11.0. The van der Waals surface area contributed by atoms with E-state index in [2.05, 4.69) is 18.2 Å². The molecule has 3 rings (SSSR count). The van der Waals surface area contributed by atoms with Crippen LogP contribution in [-0.2, 0) is 17.6 Å². The summed E-state index contributed by atoms with van der Waals surface area (Å²) in [4.78, 5) is 23.0. The smallest absolute Gasteiger partial charge is 0.286 e. The first-order valence-corrected chi connectivity index (χ1v) is 11.9. The largest absolute Gasteiger partial charge is 0.507 e. The van der Waals surface area contributed by atoms with E-state index in [1.807, 2.05) is 32.9 Å². The average molecular weight is 492 g/mol. The van der Waals surface area contributed by atoms with Crippen LogP contribution in [0.15, 0.2) is 24.3 Å². The maximum absolute atomic E-state index is 11.7. The third-order valence-corrected chi connectivity index (χ3v) is 7.17. The van der Waals surface area contributed by atoms with Gasteiger partial charge in [0.25, 0.3) is 5.24 Å². The van der Waals surface area contributed by atoms with Gasteiger partial charge in [0.2, 0.25) is 5.91 Å². The van der Waals surface area contributed by atoms with Gasteiger partial charge in [0.05, 0.1) is 10.9 Å². The number of imide groups is 1. The Morgan fingerprint density at radius 1 is 1.12 bits per heavy atom. The fourth-order valence-corrected chi connectivity index (χ4v) is 4.92. The Balaban J connectivity index is 1.58. The number of carbonyl (C=O) groups is 2. The number of nitrogens with one attached hydrogen (secondary N) is 1. The number of carbonyl (C=O) groups excluding carboxylic acids is 2. The number of ether oxygens (including phenoxy) is 1. The van der Waals surface area contributed by atoms with Crippen LogP contribution in [0, 0.1) is 20.8 Å². The third-order valence-electron chi connectivity index (χ3n) is 6.00. The molecule has 0 bridgehead atoms. The van der Waals surface area contributed by atoms with Crippen LogP contribution in [-0.4, -0.2) is 38.8 Å². The van der Waals surface area contributed by atoms with Crippen molar-refractivity contribution in [3.05, 3.63) is 52.1 Å². The maximum Gasteiger partial charge on any atom is 0.286 e. The molecule has 9 heteroatoms. The van der Waals surface area contributed by atoms with Gasteiger partial charge in [-0.2, -0.15) is 0 Å². The Kier molecular flexibility index (Phi) is 7.87. The van der Waals surface area contributed by atoms with E-state index >= 15 is 0 Å². The van der Waals surface area contributed by atoms with Crippen LogP contribution in [0.4, 0.5) is 4.79 Å². The zero-order valence-electron chi connectivity index (χ0n) is 19.1. The predicted octanol–water partition coefficient (Wildman–Crippen LogP) is 4.20. The van der Waals surface area contributed by atoms with Gasteiger partial charge in [-0.1, -0.05) is 23.9 Å². The molecule has 0 aliphatic carbocycles. The molecular weight excluding hydrogens is 462 g/mol. The monoisotopic (exact) mass is 491 g/mol. The Hall–Kier alpha value is -2.36. The van der Waals surface area contributed by atoms with E-state index in [4.69, 9.17) is 8.92 Å². The molecule has 1 fully saturated rings. The van der Waals surface area contributed by atoms with Gasteiger partial charge in [-0.3, -0.25) is 14.9 Å². The van der Waals surface area contributed by atoms with Crippen molar-refractivity contribution in [3.8, 4) is 17.2 Å². The molecule has 178 valence electrons. The summed E-state index contributed by atoms with van der Waals surface area (Å²) in [6, 6.07) is 7.24. The quantitative estimate of drug-likeness (QED) is 0.308. The summed E-state index contributed by atoms with van der Waals surface area (Å²) in [5.74, 6) is 1.16. The molecule has 1 heterocycles. The fraction of sp³-hybridized carbons (Fsp3) is 0.417. The third kappa shape index (κ3) is 5.96. The lowest BCUT2D eigenvalue weighted by Crippen LogP contribution is -2.33. The molecule has 0 saturated carbocycles. The number of phenolic OH excluding ortho intramolecular Hbond substituents is 1. The van der Waals surface area contributed by atoms with Crippen molar-refractivity contribution in [2.24, 2.45) is 0 Å². The second-order valence-electron chi connectivity index (χ2n) is 8.64. The molecule has 1 saturated heterocycles. The van der Waals surface area contributed by atoms with Gasteiger partial charge < -0.3 is 19.1 Å². The summed E-state index contributed by atoms with van der Waals surface area (Å²) in [6.45, 7) is 7.32. The number of thiol groups is 1. The summed E-state index contributed by atoms with van der Waals surface area (Å²) >= 11 is 4.94. The molecule has 1 aliphatic heterocycles. The summed E-state index contributed by atoms with van der Waals surface area (Å²) in [7, 11) is 0. The second kappa shape index (κ2) is 10.3. The van der Waals surface area contributed by atoms with Gasteiger partial charge in [0.1, 0.15) is 23.9 Å². The highest BCUT2D eigenvalue weighted by atomic mass is 32.2. The van der Waals surface area contributed by atoms with Crippen molar-refractivity contribution in [2.75, 3.05) is 6.61 Å². The SMILES string of the molecule is Cc1c(C)c(OS)c(C)c(CCC(C)(O)COc2ccc(CC3SC(=O)NC3=O)cc2)c1O. The van der Waals surface area contributed by atoms with Crippen LogP contribution < -0.4 is 14.2 Å². The Labute approximate surface area is 203 Å². The van der Waals surface area contributed by atoms with Crippen molar-refractivity contribution in [3.63, 3.8) is 0 Å². The lowest BCUT2D eigenvalue weighted by molar-refractivity contribution is -0.118. The summed E-state index contributed by atoms with van der Waals surface area (Å²) in [5, 5.41) is 23.0. The van der Waals surface area contributed by atoms with Crippen molar-refractivity contribution < 1.29 is 28.7 Å². The van der Waals surface area contributed by atoms with Crippen molar-refractivity contribution in [1.82, 2.24) is 5.32 Å². The summed E-state index contributed by atoms with van der Waals surface area (Å²) in [5.41, 5.74) is 2.87. The Bertz CT molecular complexity index is 1050. The van der Waals surface area contributed by atoms with Gasteiger partial charge >= 0.3 is 0 Å². The van der Waals surface area contributed by atoms with E-state index in [1.54, 1.807) is 19.1 Å². The topological polar surface area (TPSA) is 105 Å². The second-order valence-corrected chi connectivity index (χ2v) is 10.00. The van der Waals surface area contributed by atoms with Crippen molar-refractivity contribution in [1.29, 1.82) is 0 Å². The molecule has 2 aromatic rings. The minimum absolute atomic E-state index is 0.0717. The molecule has 3 N–H and O–H groups in total. The highest BCUT2D eigenvalue weighted by molar-refractivity contribution is 8.15. The number of amides is 2. The van der Waals surface area contributed by atoms with Crippen molar-refractivity contribution >= 4 is 35.8 Å². The molecule has 1 aliphatic rings. The van der Waals surface area contributed by atoms with E-state index in [1.165, 1.54) is 0 Å². The lowest BCUT2D eigenvalue weighted by atomic mass is 9.91. The standard InChI is InChI=1S/C24H29NO6S2/c1-13-14(2)21(31-32)15(3)18(20(13)26)9-10-24(4,29)12-30-17-7-5-16(6-8-17)11-19-22(27)25-23(28)33-19/h5-8,19,26,29,32H,9-12H2,1-4H3,(H,25,27,28). The Morgan fingerprint density at radius 3 is 2.36 bits per heavy atom. The van der Waals surface area contributed by atoms with Gasteiger partial charge in [-0.15, -0.1) is 0 Å². The first-order chi connectivity index (χ1) is 15.5. The number of hydrogen-bond donors (Lipinski definition) is 4. The number of aromatic hydroxyl groups is 1. The molecule has 0 radical (unpaired) electrons. The van der Waals surface area contributed by atoms with Crippen LogP contribution in [0.2, 0.25) is 0 Å². The van der Waals surface area contributed by atoms with Gasteiger partial charge in [0.15, 0.2) is 0 Å². The molecule has 2 aromatic carbocycles.